The van der Waals surface area contributed by atoms with E-state index in [1.54, 1.807) is 41.3 Å². The summed E-state index contributed by atoms with van der Waals surface area (Å²) in [7, 11) is 0. The van der Waals surface area contributed by atoms with Gasteiger partial charge in [0.05, 0.1) is 0 Å². The third kappa shape index (κ3) is 59.7. The van der Waals surface area contributed by atoms with Crippen molar-refractivity contribution in [2.24, 2.45) is 5.73 Å². The summed E-state index contributed by atoms with van der Waals surface area (Å²) in [4.78, 5) is 0. The van der Waals surface area contributed by atoms with Crippen LogP contribution in [0.15, 0.2) is 0 Å². The summed E-state index contributed by atoms with van der Waals surface area (Å²) in [5, 5.41) is 0. The van der Waals surface area contributed by atoms with Gasteiger partial charge in [0.2, 0.25) is 0 Å². The maximum Gasteiger partial charge on any atom is -0.189 e. The second-order valence-electron chi connectivity index (χ2n) is 1.52. The standard InChI is InChI=1S/C4H10N.3CH4S.Sn/c1-3-4(2)5;3*1-2;/h4H,1,3,5H2,2H3;3*2H,1H3;/q;;;;+3/p-3. The second kappa shape index (κ2) is 38.5. The molecule has 5 heteroatoms. The number of hydrogen-bond acceptors (Lipinski definition) is 4. The topological polar surface area (TPSA) is 26.0 Å². The van der Waals surface area contributed by atoms with Gasteiger partial charge >= 0.3 is 52.1 Å². The molecule has 0 saturated carbocycles. The molecule has 0 saturated heterocycles. The number of hydrogen-bond donors (Lipinski definition) is 1. The van der Waals surface area contributed by atoms with Crippen LogP contribution < -0.4 is 5.73 Å². The minimum atomic E-state index is 0.421. The van der Waals surface area contributed by atoms with Crippen LogP contribution in [-0.4, -0.2) is 47.3 Å². The van der Waals surface area contributed by atoms with Gasteiger partial charge in [-0.1, -0.05) is 0 Å². The van der Waals surface area contributed by atoms with Crippen molar-refractivity contribution in [2.45, 2.75) is 23.8 Å². The predicted octanol–water partition coefficient (Wildman–Crippen LogP) is 0.800. The molecule has 0 radical (unpaired) electrons. The summed E-state index contributed by atoms with van der Waals surface area (Å²) < 4.78 is 1.30. The molecule has 1 atom stereocenters. The van der Waals surface area contributed by atoms with Gasteiger partial charge in [0.15, 0.2) is 0 Å². The maximum atomic E-state index is 5.42. The summed E-state index contributed by atoms with van der Waals surface area (Å²) in [5.74, 6) is 0. The van der Waals surface area contributed by atoms with E-state index in [2.05, 4.69) is 37.9 Å². The van der Waals surface area contributed by atoms with E-state index in [-0.39, 0.29) is 0 Å². The normalized spacial score (nSPS) is 8.83. The molecule has 0 heterocycles. The van der Waals surface area contributed by atoms with Crippen molar-refractivity contribution in [3.05, 3.63) is 0 Å². The average molecular weight is 332 g/mol. The Balaban J connectivity index is -0.0000000453. The van der Waals surface area contributed by atoms with Crippen LogP contribution in [0, 0.1) is 0 Å². The van der Waals surface area contributed by atoms with E-state index in [1.807, 2.05) is 6.92 Å². The zero-order valence-corrected chi connectivity index (χ0v) is 13.6. The molecule has 0 aliphatic carbocycles. The molecule has 12 heavy (non-hydrogen) atoms. The monoisotopic (exact) mass is 333 g/mol. The van der Waals surface area contributed by atoms with Gasteiger partial charge in [-0.05, 0) is 0 Å². The Morgan fingerprint density at radius 3 is 1.33 bits per heavy atom. The molecule has 2 N–H and O–H groups in total. The first-order valence-corrected chi connectivity index (χ1v) is 7.86. The van der Waals surface area contributed by atoms with Crippen molar-refractivity contribution in [1.29, 1.82) is 0 Å². The molecule has 0 aliphatic rings. The molecule has 0 amide bonds. The molecule has 0 aromatic carbocycles. The molecule has 1 nitrogen and oxygen atoms in total. The Morgan fingerprint density at radius 1 is 1.08 bits per heavy atom. The maximum absolute atomic E-state index is 5.42. The quantitative estimate of drug-likeness (QED) is 0.598. The summed E-state index contributed by atoms with van der Waals surface area (Å²) >= 11 is 13.9. The number of rotatable bonds is 2. The van der Waals surface area contributed by atoms with Crippen molar-refractivity contribution in [3.8, 4) is 0 Å². The summed E-state index contributed by atoms with van der Waals surface area (Å²) in [6, 6.07) is 0.421. The first kappa shape index (κ1) is 23.5. The van der Waals surface area contributed by atoms with Crippen molar-refractivity contribution in [3.63, 3.8) is 0 Å². The molecule has 0 aromatic rings. The molecular weight excluding hydrogens is 313 g/mol. The van der Waals surface area contributed by atoms with Crippen LogP contribution in [0.3, 0.4) is 0 Å². The Morgan fingerprint density at radius 2 is 1.33 bits per heavy atom. The van der Waals surface area contributed by atoms with Crippen LogP contribution in [0.4, 0.5) is 0 Å². The fourth-order valence-corrected chi connectivity index (χ4v) is 1.53. The molecular formula is C7H19NS3Sn. The van der Waals surface area contributed by atoms with E-state index in [9.17, 15) is 0 Å². The van der Waals surface area contributed by atoms with E-state index in [1.165, 1.54) is 10.9 Å². The second-order valence-corrected chi connectivity index (χ2v) is 2.94. The van der Waals surface area contributed by atoms with Crippen LogP contribution in [0.2, 0.25) is 4.44 Å². The molecule has 0 aliphatic heterocycles. The third-order valence-corrected chi connectivity index (χ3v) is 1.42. The van der Waals surface area contributed by atoms with Gasteiger partial charge in [0.1, 0.15) is 0 Å². The molecule has 0 fully saturated rings. The molecule has 74 valence electrons. The van der Waals surface area contributed by atoms with E-state index >= 15 is 0 Å². The zero-order valence-electron chi connectivity index (χ0n) is 8.29. The van der Waals surface area contributed by atoms with Crippen molar-refractivity contribution >= 4 is 60.4 Å². The van der Waals surface area contributed by atoms with Gasteiger partial charge in [-0.3, -0.25) is 0 Å². The van der Waals surface area contributed by atoms with Crippen molar-refractivity contribution < 1.29 is 0 Å². The first-order chi connectivity index (χ1) is 5.77. The van der Waals surface area contributed by atoms with Crippen molar-refractivity contribution in [2.75, 3.05) is 18.8 Å². The van der Waals surface area contributed by atoms with Gasteiger partial charge < -0.3 is 37.9 Å². The van der Waals surface area contributed by atoms with E-state index in [0.29, 0.717) is 6.04 Å². The van der Waals surface area contributed by atoms with Crippen LogP contribution >= 0.6 is 0 Å². The van der Waals surface area contributed by atoms with Crippen LogP contribution in [0.25, 0.3) is 0 Å². The van der Waals surface area contributed by atoms with Crippen LogP contribution in [-0.2, 0) is 37.9 Å². The Hall–Kier alpha value is 1.81. The van der Waals surface area contributed by atoms with Crippen LogP contribution in [0.1, 0.15) is 13.3 Å². The number of nitrogens with two attached hydrogens (primary N) is 1. The van der Waals surface area contributed by atoms with E-state index < -0.39 is 0 Å². The van der Waals surface area contributed by atoms with Gasteiger partial charge in [0, 0.05) is 0 Å². The average Bonchev–Trinajstić information content (AvgIpc) is 2.14. The zero-order chi connectivity index (χ0) is 11.0. The third-order valence-electron chi connectivity index (χ3n) is 0.600. The smallest absolute Gasteiger partial charge is 0.189 e. The fourth-order valence-electron chi connectivity index (χ4n) is 0.228. The van der Waals surface area contributed by atoms with Gasteiger partial charge in [-0.2, -0.15) is 18.8 Å². The summed E-state index contributed by atoms with van der Waals surface area (Å²) in [5.41, 5.74) is 5.42. The minimum absolute atomic E-state index is 0.421. The fraction of sp³-hybridized carbons (Fsp3) is 1.00. The van der Waals surface area contributed by atoms with E-state index in [0.717, 1.165) is 0 Å². The summed E-state index contributed by atoms with van der Waals surface area (Å²) in [6.07, 6.45) is 5.94. The molecule has 1 unspecified atom stereocenters. The SMILES string of the molecule is CC(N)C[CH2][Sn+3].C[S-].C[S-].C[S-]. The van der Waals surface area contributed by atoms with Crippen LogP contribution in [0.5, 0.6) is 0 Å². The Bertz CT molecular complexity index is 39.8. The predicted molar refractivity (Wildman–Crippen MR) is 68.7 cm³/mol. The first-order valence-electron chi connectivity index (χ1n) is 3.40. The molecule has 0 rings (SSSR count). The van der Waals surface area contributed by atoms with Crippen molar-refractivity contribution in [1.82, 2.24) is 0 Å². The molecule has 0 bridgehead atoms. The largest absolute Gasteiger partial charge is 0.796 e. The Labute approximate surface area is 108 Å². The van der Waals surface area contributed by atoms with Gasteiger partial charge in [0.25, 0.3) is 0 Å². The van der Waals surface area contributed by atoms with Gasteiger partial charge in [-0.15, -0.1) is 0 Å². The molecule has 0 aromatic heterocycles. The minimum Gasteiger partial charge on any atom is -0.796 e. The van der Waals surface area contributed by atoms with E-state index in [4.69, 9.17) is 5.73 Å². The molecule has 0 spiro atoms. The van der Waals surface area contributed by atoms with Gasteiger partial charge in [-0.25, -0.2) is 0 Å². The Kier molecular flexibility index (Phi) is 75.6. The summed E-state index contributed by atoms with van der Waals surface area (Å²) in [6.45, 7) is 2.05.